The molecule has 1 aromatic heterocycles. The summed E-state index contributed by atoms with van der Waals surface area (Å²) in [6.45, 7) is 5.65. The molecule has 3 rings (SSSR count). The van der Waals surface area contributed by atoms with Gasteiger partial charge in [0.15, 0.2) is 0 Å². The molecule has 0 unspecified atom stereocenters. The first-order chi connectivity index (χ1) is 12.6. The first kappa shape index (κ1) is 18.7. The Kier molecular flexibility index (Phi) is 6.49. The molecule has 1 aliphatic heterocycles. The zero-order chi connectivity index (χ0) is 18.4. The fraction of sp³-hybridized carbons (Fsp3) is 0.526. The molecule has 0 aliphatic carbocycles. The van der Waals surface area contributed by atoms with E-state index in [-0.39, 0.29) is 0 Å². The highest BCUT2D eigenvalue weighted by Crippen LogP contribution is 2.29. The van der Waals surface area contributed by atoms with Gasteiger partial charge in [-0.2, -0.15) is 0 Å². The zero-order valence-corrected chi connectivity index (χ0v) is 15.6. The monoisotopic (exact) mass is 360 g/mol. The van der Waals surface area contributed by atoms with Gasteiger partial charge in [0.2, 0.25) is 0 Å². The molecule has 26 heavy (non-hydrogen) atoms. The van der Waals surface area contributed by atoms with Gasteiger partial charge in [-0.15, -0.1) is 0 Å². The second kappa shape index (κ2) is 9.02. The average molecular weight is 360 g/mol. The molecular weight excluding hydrogens is 332 g/mol. The third-order valence-corrected chi connectivity index (χ3v) is 4.58. The lowest BCUT2D eigenvalue weighted by Crippen LogP contribution is -2.41. The number of likely N-dealkylation sites (N-methyl/N-ethyl adjacent to an activating group) is 1. The average Bonchev–Trinajstić information content (AvgIpc) is 3.05. The van der Waals surface area contributed by atoms with Crippen LogP contribution < -0.4 is 10.1 Å². The van der Waals surface area contributed by atoms with Crippen molar-refractivity contribution >= 4 is 17.0 Å². The predicted molar refractivity (Wildman–Crippen MR) is 102 cm³/mol. The highest BCUT2D eigenvalue weighted by molar-refractivity contribution is 5.91. The van der Waals surface area contributed by atoms with E-state index >= 15 is 0 Å². The van der Waals surface area contributed by atoms with Crippen molar-refractivity contribution in [3.63, 3.8) is 0 Å². The number of aromatic amines is 1. The Labute approximate surface area is 154 Å². The number of morpholine rings is 1. The van der Waals surface area contributed by atoms with Crippen LogP contribution in [-0.2, 0) is 11.2 Å². The molecule has 142 valence electrons. The number of benzene rings is 1. The second-order valence-corrected chi connectivity index (χ2v) is 6.82. The van der Waals surface area contributed by atoms with E-state index in [1.54, 1.807) is 0 Å². The Balaban J connectivity index is 1.58. The quantitative estimate of drug-likeness (QED) is 0.786. The smallest absolute Gasteiger partial charge is 0.410 e. The van der Waals surface area contributed by atoms with Gasteiger partial charge in [-0.3, -0.25) is 4.90 Å². The Hall–Kier alpha value is -2.09. The normalized spacial score (nSPS) is 15.5. The Morgan fingerprint density at radius 1 is 1.35 bits per heavy atom. The molecule has 1 aliphatic rings. The van der Waals surface area contributed by atoms with Crippen molar-refractivity contribution in [2.75, 3.05) is 60.0 Å². The summed E-state index contributed by atoms with van der Waals surface area (Å²) in [5, 5.41) is 3.83. The summed E-state index contributed by atoms with van der Waals surface area (Å²) in [7, 11) is 4.10. The van der Waals surface area contributed by atoms with Crippen LogP contribution in [0.1, 0.15) is 5.56 Å². The summed E-state index contributed by atoms with van der Waals surface area (Å²) >= 11 is 0. The van der Waals surface area contributed by atoms with Gasteiger partial charge in [0.25, 0.3) is 0 Å². The number of nitrogens with one attached hydrogen (secondary N) is 2. The molecule has 0 spiro atoms. The number of hydrogen-bond acceptors (Lipinski definition) is 5. The molecule has 7 heteroatoms. The number of fused-ring (bicyclic) bond motifs is 1. The minimum atomic E-state index is -0.412. The van der Waals surface area contributed by atoms with Gasteiger partial charge in [-0.1, -0.05) is 6.07 Å². The summed E-state index contributed by atoms with van der Waals surface area (Å²) in [4.78, 5) is 19.9. The van der Waals surface area contributed by atoms with Crippen molar-refractivity contribution in [2.45, 2.75) is 6.42 Å². The van der Waals surface area contributed by atoms with Crippen molar-refractivity contribution < 1.29 is 14.3 Å². The van der Waals surface area contributed by atoms with Crippen molar-refractivity contribution in [2.24, 2.45) is 0 Å². The van der Waals surface area contributed by atoms with Crippen LogP contribution in [0.15, 0.2) is 24.4 Å². The minimum Gasteiger partial charge on any atom is -0.410 e. The van der Waals surface area contributed by atoms with Crippen LogP contribution in [0.3, 0.4) is 0 Å². The van der Waals surface area contributed by atoms with Crippen LogP contribution in [0.2, 0.25) is 0 Å². The Bertz CT molecular complexity index is 723. The summed E-state index contributed by atoms with van der Waals surface area (Å²) in [5.74, 6) is 0.598. The molecule has 1 saturated heterocycles. The minimum absolute atomic E-state index is 0.412. The van der Waals surface area contributed by atoms with E-state index in [4.69, 9.17) is 9.47 Å². The molecule has 0 atom stereocenters. The van der Waals surface area contributed by atoms with Crippen LogP contribution in [0.4, 0.5) is 4.79 Å². The molecular formula is C19H28N4O3. The van der Waals surface area contributed by atoms with Gasteiger partial charge in [0.1, 0.15) is 5.75 Å². The summed E-state index contributed by atoms with van der Waals surface area (Å²) in [6.07, 6.45) is 2.48. The fourth-order valence-corrected chi connectivity index (χ4v) is 3.12. The predicted octanol–water partition coefficient (Wildman–Crippen LogP) is 1.69. The molecule has 2 aromatic rings. The molecule has 0 bridgehead atoms. The topological polar surface area (TPSA) is 69.8 Å². The van der Waals surface area contributed by atoms with E-state index in [2.05, 4.69) is 20.1 Å². The number of aromatic nitrogens is 1. The van der Waals surface area contributed by atoms with Gasteiger partial charge >= 0.3 is 6.09 Å². The number of rotatable bonds is 7. The van der Waals surface area contributed by atoms with E-state index in [0.717, 1.165) is 62.3 Å². The van der Waals surface area contributed by atoms with Gasteiger partial charge in [-0.25, -0.2) is 4.79 Å². The number of amides is 1. The summed E-state index contributed by atoms with van der Waals surface area (Å²) in [6, 6.07) is 5.74. The lowest BCUT2D eigenvalue weighted by atomic mass is 10.1. The van der Waals surface area contributed by atoms with Crippen LogP contribution in [-0.4, -0.2) is 80.9 Å². The maximum Gasteiger partial charge on any atom is 0.412 e. The van der Waals surface area contributed by atoms with Crippen molar-refractivity contribution in [3.05, 3.63) is 30.0 Å². The lowest BCUT2D eigenvalue weighted by Gasteiger charge is -2.26. The molecule has 2 heterocycles. The third kappa shape index (κ3) is 4.97. The van der Waals surface area contributed by atoms with E-state index in [1.165, 1.54) is 0 Å². The van der Waals surface area contributed by atoms with Crippen LogP contribution in [0.5, 0.6) is 5.75 Å². The molecule has 1 fully saturated rings. The molecule has 0 radical (unpaired) electrons. The van der Waals surface area contributed by atoms with Gasteiger partial charge in [0, 0.05) is 49.8 Å². The molecule has 1 aromatic carbocycles. The second-order valence-electron chi connectivity index (χ2n) is 6.82. The van der Waals surface area contributed by atoms with Crippen LogP contribution >= 0.6 is 0 Å². The van der Waals surface area contributed by atoms with E-state index in [0.29, 0.717) is 12.3 Å². The summed E-state index contributed by atoms with van der Waals surface area (Å²) in [5.41, 5.74) is 2.14. The number of ether oxygens (including phenoxy) is 2. The SMILES string of the molecule is CN(C)CCc1c[nH]c2cccc(OC(=O)NCCN3CCOCC3)c12. The van der Waals surface area contributed by atoms with Crippen molar-refractivity contribution in [1.29, 1.82) is 0 Å². The highest BCUT2D eigenvalue weighted by Gasteiger charge is 2.14. The standard InChI is InChI=1S/C19H28N4O3/c1-22(2)8-6-15-14-21-16-4-3-5-17(18(15)16)26-19(24)20-7-9-23-10-12-25-13-11-23/h3-5,14,21H,6-13H2,1-2H3,(H,20,24). The van der Waals surface area contributed by atoms with Crippen LogP contribution in [0, 0.1) is 0 Å². The number of carbonyl (C=O) groups is 1. The van der Waals surface area contributed by atoms with Crippen molar-refractivity contribution in [1.82, 2.24) is 20.1 Å². The highest BCUT2D eigenvalue weighted by atomic mass is 16.6. The van der Waals surface area contributed by atoms with Gasteiger partial charge in [-0.05, 0) is 38.2 Å². The van der Waals surface area contributed by atoms with E-state index < -0.39 is 6.09 Å². The largest absolute Gasteiger partial charge is 0.412 e. The van der Waals surface area contributed by atoms with Crippen molar-refractivity contribution in [3.8, 4) is 5.75 Å². The summed E-state index contributed by atoms with van der Waals surface area (Å²) < 4.78 is 10.9. The Morgan fingerprint density at radius 3 is 2.92 bits per heavy atom. The first-order valence-electron chi connectivity index (χ1n) is 9.13. The van der Waals surface area contributed by atoms with Crippen LogP contribution in [0.25, 0.3) is 10.9 Å². The zero-order valence-electron chi connectivity index (χ0n) is 15.6. The first-order valence-corrected chi connectivity index (χ1v) is 9.13. The maximum atomic E-state index is 12.2. The third-order valence-electron chi connectivity index (χ3n) is 4.58. The maximum absolute atomic E-state index is 12.2. The fourth-order valence-electron chi connectivity index (χ4n) is 3.12. The molecule has 1 amide bonds. The Morgan fingerprint density at radius 2 is 2.15 bits per heavy atom. The number of nitrogens with zero attached hydrogens (tertiary/aromatic N) is 2. The van der Waals surface area contributed by atoms with E-state index in [1.807, 2.05) is 38.5 Å². The molecule has 7 nitrogen and oxygen atoms in total. The lowest BCUT2D eigenvalue weighted by molar-refractivity contribution is 0.0385. The number of hydrogen-bond donors (Lipinski definition) is 2. The number of carbonyl (C=O) groups excluding carboxylic acids is 1. The molecule has 0 saturated carbocycles. The number of H-pyrrole nitrogens is 1. The molecule has 2 N–H and O–H groups in total. The van der Waals surface area contributed by atoms with Gasteiger partial charge < -0.3 is 24.7 Å². The van der Waals surface area contributed by atoms with Gasteiger partial charge in [0.05, 0.1) is 13.2 Å². The van der Waals surface area contributed by atoms with E-state index in [9.17, 15) is 4.79 Å².